The summed E-state index contributed by atoms with van der Waals surface area (Å²) in [6.07, 6.45) is 1.83. The molecule has 118 valence electrons. The molecule has 1 aromatic heterocycles. The first-order chi connectivity index (χ1) is 11.1. The van der Waals surface area contributed by atoms with E-state index in [1.165, 1.54) is 0 Å². The fraction of sp³-hybridized carbons (Fsp3) is 0.263. The van der Waals surface area contributed by atoms with Crippen LogP contribution in [0.2, 0.25) is 0 Å². The second-order valence-electron chi connectivity index (χ2n) is 5.84. The first kappa shape index (κ1) is 15.3. The molecule has 4 nitrogen and oxygen atoms in total. The first-order valence-electron chi connectivity index (χ1n) is 7.95. The SMILES string of the molecule is CCCC(N)=Nc1ccc(-c2nc3ccccc3n2C)cc1C. The van der Waals surface area contributed by atoms with E-state index >= 15 is 0 Å². The summed E-state index contributed by atoms with van der Waals surface area (Å²) in [7, 11) is 2.05. The van der Waals surface area contributed by atoms with Crippen molar-refractivity contribution in [2.24, 2.45) is 17.8 Å². The average molecular weight is 306 g/mol. The number of hydrogen-bond acceptors (Lipinski definition) is 2. The van der Waals surface area contributed by atoms with Gasteiger partial charge < -0.3 is 10.3 Å². The lowest BCUT2D eigenvalue weighted by Crippen LogP contribution is -2.10. The van der Waals surface area contributed by atoms with Gasteiger partial charge in [0.1, 0.15) is 5.82 Å². The summed E-state index contributed by atoms with van der Waals surface area (Å²) in [6.45, 7) is 4.16. The van der Waals surface area contributed by atoms with Crippen molar-refractivity contribution in [2.45, 2.75) is 26.7 Å². The van der Waals surface area contributed by atoms with Gasteiger partial charge in [-0.3, -0.25) is 0 Å². The second kappa shape index (κ2) is 6.24. The highest BCUT2D eigenvalue weighted by Crippen LogP contribution is 2.28. The number of nitrogens with two attached hydrogens (primary N) is 1. The van der Waals surface area contributed by atoms with Gasteiger partial charge in [0, 0.05) is 19.0 Å². The highest BCUT2D eigenvalue weighted by atomic mass is 15.1. The number of benzene rings is 2. The van der Waals surface area contributed by atoms with E-state index in [0.29, 0.717) is 5.84 Å². The Hall–Kier alpha value is -2.62. The zero-order valence-corrected chi connectivity index (χ0v) is 13.9. The third kappa shape index (κ3) is 2.97. The molecule has 0 saturated heterocycles. The average Bonchev–Trinajstić information content (AvgIpc) is 2.87. The van der Waals surface area contributed by atoms with Gasteiger partial charge in [0.25, 0.3) is 0 Å². The summed E-state index contributed by atoms with van der Waals surface area (Å²) in [6, 6.07) is 14.4. The Bertz CT molecular complexity index is 874. The quantitative estimate of drug-likeness (QED) is 0.576. The normalized spacial score (nSPS) is 12.0. The highest BCUT2D eigenvalue weighted by Gasteiger charge is 2.10. The number of aliphatic imine (C=N–C) groups is 1. The predicted molar refractivity (Wildman–Crippen MR) is 97.1 cm³/mol. The lowest BCUT2D eigenvalue weighted by Gasteiger charge is -2.07. The Morgan fingerprint density at radius 2 is 2.00 bits per heavy atom. The van der Waals surface area contributed by atoms with Gasteiger partial charge in [-0.15, -0.1) is 0 Å². The van der Waals surface area contributed by atoms with E-state index in [1.54, 1.807) is 0 Å². The molecule has 4 heteroatoms. The van der Waals surface area contributed by atoms with Gasteiger partial charge in [-0.05, 0) is 49.2 Å². The van der Waals surface area contributed by atoms with Crippen LogP contribution in [0.4, 0.5) is 5.69 Å². The molecule has 0 aliphatic rings. The zero-order valence-electron chi connectivity index (χ0n) is 13.9. The van der Waals surface area contributed by atoms with Crippen molar-refractivity contribution in [1.29, 1.82) is 0 Å². The molecule has 0 radical (unpaired) electrons. The topological polar surface area (TPSA) is 56.2 Å². The maximum atomic E-state index is 5.94. The van der Waals surface area contributed by atoms with Gasteiger partial charge in [0.15, 0.2) is 0 Å². The summed E-state index contributed by atoms with van der Waals surface area (Å²) >= 11 is 0. The minimum absolute atomic E-state index is 0.686. The summed E-state index contributed by atoms with van der Waals surface area (Å²) in [5, 5.41) is 0. The van der Waals surface area contributed by atoms with Crippen molar-refractivity contribution in [2.75, 3.05) is 0 Å². The smallest absolute Gasteiger partial charge is 0.140 e. The van der Waals surface area contributed by atoms with Gasteiger partial charge in [0.2, 0.25) is 0 Å². The largest absolute Gasteiger partial charge is 0.387 e. The molecule has 2 N–H and O–H groups in total. The molecule has 0 atom stereocenters. The van der Waals surface area contributed by atoms with Crippen LogP contribution in [-0.4, -0.2) is 15.4 Å². The lowest BCUT2D eigenvalue weighted by molar-refractivity contribution is 0.959. The molecule has 0 fully saturated rings. The Kier molecular flexibility index (Phi) is 4.15. The summed E-state index contributed by atoms with van der Waals surface area (Å²) in [4.78, 5) is 9.26. The van der Waals surface area contributed by atoms with Crippen LogP contribution in [0.5, 0.6) is 0 Å². The third-order valence-electron chi connectivity index (χ3n) is 4.01. The standard InChI is InChI=1S/C19H22N4/c1-4-7-18(20)21-15-11-10-14(12-13(15)2)19-22-16-8-5-6-9-17(16)23(19)3/h5-6,8-12H,4,7H2,1-3H3,(H2,20,21). The molecule has 0 unspecified atom stereocenters. The van der Waals surface area contributed by atoms with Crippen molar-refractivity contribution < 1.29 is 0 Å². The van der Waals surface area contributed by atoms with Gasteiger partial charge in [-0.1, -0.05) is 19.1 Å². The van der Waals surface area contributed by atoms with Crippen molar-refractivity contribution in [3.05, 3.63) is 48.0 Å². The van der Waals surface area contributed by atoms with Gasteiger partial charge in [0.05, 0.1) is 22.6 Å². The Morgan fingerprint density at radius 1 is 1.22 bits per heavy atom. The van der Waals surface area contributed by atoms with E-state index in [1.807, 2.05) is 31.3 Å². The number of imidazole rings is 1. The Balaban J connectivity index is 2.02. The van der Waals surface area contributed by atoms with Crippen LogP contribution < -0.4 is 5.73 Å². The molecule has 0 saturated carbocycles. The van der Waals surface area contributed by atoms with Crippen LogP contribution in [-0.2, 0) is 7.05 Å². The number of aromatic nitrogens is 2. The first-order valence-corrected chi connectivity index (χ1v) is 7.95. The Labute approximate surface area is 136 Å². The zero-order chi connectivity index (χ0) is 16.4. The monoisotopic (exact) mass is 306 g/mol. The van der Waals surface area contributed by atoms with Crippen molar-refractivity contribution in [1.82, 2.24) is 9.55 Å². The Morgan fingerprint density at radius 3 is 2.70 bits per heavy atom. The van der Waals surface area contributed by atoms with Crippen LogP contribution >= 0.6 is 0 Å². The maximum absolute atomic E-state index is 5.94. The molecule has 3 aromatic rings. The molecule has 3 rings (SSSR count). The van der Waals surface area contributed by atoms with Gasteiger partial charge >= 0.3 is 0 Å². The van der Waals surface area contributed by atoms with Crippen LogP contribution in [0.3, 0.4) is 0 Å². The molecule has 0 spiro atoms. The van der Waals surface area contributed by atoms with Crippen molar-refractivity contribution in [3.63, 3.8) is 0 Å². The maximum Gasteiger partial charge on any atom is 0.140 e. The predicted octanol–water partition coefficient (Wildman–Crippen LogP) is 4.34. The second-order valence-corrected chi connectivity index (χ2v) is 5.84. The summed E-state index contributed by atoms with van der Waals surface area (Å²) in [5.41, 5.74) is 11.2. The number of hydrogen-bond donors (Lipinski definition) is 1. The van der Waals surface area contributed by atoms with E-state index < -0.39 is 0 Å². The van der Waals surface area contributed by atoms with Crippen molar-refractivity contribution >= 4 is 22.6 Å². The number of nitrogens with zero attached hydrogens (tertiary/aromatic N) is 3. The van der Waals surface area contributed by atoms with Gasteiger partial charge in [-0.2, -0.15) is 0 Å². The number of rotatable bonds is 4. The van der Waals surface area contributed by atoms with Crippen molar-refractivity contribution in [3.8, 4) is 11.4 Å². The molecular formula is C19H22N4. The molecule has 23 heavy (non-hydrogen) atoms. The highest BCUT2D eigenvalue weighted by molar-refractivity contribution is 5.84. The van der Waals surface area contributed by atoms with Crippen LogP contribution in [0.25, 0.3) is 22.4 Å². The van der Waals surface area contributed by atoms with E-state index in [9.17, 15) is 0 Å². The van der Waals surface area contributed by atoms with Gasteiger partial charge in [-0.25, -0.2) is 9.98 Å². The third-order valence-corrected chi connectivity index (χ3v) is 4.01. The minimum atomic E-state index is 0.686. The van der Waals surface area contributed by atoms with E-state index in [0.717, 1.165) is 46.5 Å². The molecule has 0 bridgehead atoms. The van der Waals surface area contributed by atoms with E-state index in [4.69, 9.17) is 10.7 Å². The summed E-state index contributed by atoms with van der Waals surface area (Å²) < 4.78 is 2.12. The van der Waals surface area contributed by atoms with E-state index in [-0.39, 0.29) is 0 Å². The molecule has 0 aliphatic heterocycles. The lowest BCUT2D eigenvalue weighted by atomic mass is 10.1. The molecule has 1 heterocycles. The number of para-hydroxylation sites is 2. The number of fused-ring (bicyclic) bond motifs is 1. The fourth-order valence-corrected chi connectivity index (χ4v) is 2.79. The molecule has 2 aromatic carbocycles. The minimum Gasteiger partial charge on any atom is -0.387 e. The molecule has 0 aliphatic carbocycles. The van der Waals surface area contributed by atoms with Crippen LogP contribution in [0.1, 0.15) is 25.3 Å². The fourth-order valence-electron chi connectivity index (χ4n) is 2.79. The van der Waals surface area contributed by atoms with E-state index in [2.05, 4.69) is 41.6 Å². The number of aryl methyl sites for hydroxylation is 2. The molecular weight excluding hydrogens is 284 g/mol. The van der Waals surface area contributed by atoms with Crippen LogP contribution in [0.15, 0.2) is 47.5 Å². The number of amidine groups is 1. The molecule has 0 amide bonds. The summed E-state index contributed by atoms with van der Waals surface area (Å²) in [5.74, 6) is 1.65. The van der Waals surface area contributed by atoms with Crippen LogP contribution in [0, 0.1) is 6.92 Å².